The first-order valence-electron chi connectivity index (χ1n) is 5.89. The Bertz CT molecular complexity index is 635. The molecule has 2 aromatic carbocycles. The second-order valence-corrected chi connectivity index (χ2v) is 4.04. The van der Waals surface area contributed by atoms with E-state index in [0.29, 0.717) is 11.3 Å². The van der Waals surface area contributed by atoms with Gasteiger partial charge in [-0.1, -0.05) is 18.2 Å². The van der Waals surface area contributed by atoms with Crippen LogP contribution in [0.2, 0.25) is 0 Å². The van der Waals surface area contributed by atoms with Crippen LogP contribution in [0, 0.1) is 0 Å². The highest BCUT2D eigenvalue weighted by molar-refractivity contribution is 6.15. The molecule has 5 heteroatoms. The first-order valence-corrected chi connectivity index (χ1v) is 5.89. The minimum atomic E-state index is -0.720. The number of hydrogen-bond donors (Lipinski definition) is 2. The zero-order valence-electron chi connectivity index (χ0n) is 10.8. The van der Waals surface area contributed by atoms with E-state index in [9.17, 15) is 9.59 Å². The molecule has 0 radical (unpaired) electrons. The largest absolute Gasteiger partial charge is 0.497 e. The Kier molecular flexibility index (Phi) is 4.12. The molecule has 5 nitrogen and oxygen atoms in total. The smallest absolute Gasteiger partial charge is 0.275 e. The monoisotopic (exact) mass is 271 g/mol. The van der Waals surface area contributed by atoms with E-state index in [1.165, 1.54) is 24.7 Å². The molecule has 2 N–H and O–H groups in total. The topological polar surface area (TPSA) is 75.6 Å². The molecule has 0 aliphatic carbocycles. The average Bonchev–Trinajstić information content (AvgIpc) is 2.53. The molecular weight excluding hydrogens is 258 g/mol. The van der Waals surface area contributed by atoms with Crippen molar-refractivity contribution in [1.82, 2.24) is 5.48 Å². The van der Waals surface area contributed by atoms with E-state index in [4.69, 9.17) is 9.94 Å². The van der Waals surface area contributed by atoms with Crippen molar-refractivity contribution < 1.29 is 19.5 Å². The highest BCUT2D eigenvalue weighted by atomic mass is 16.5. The van der Waals surface area contributed by atoms with Crippen molar-refractivity contribution >= 4 is 11.7 Å². The summed E-state index contributed by atoms with van der Waals surface area (Å²) in [4.78, 5) is 23.9. The number of ether oxygens (including phenoxy) is 1. The van der Waals surface area contributed by atoms with E-state index >= 15 is 0 Å². The quantitative estimate of drug-likeness (QED) is 0.507. The van der Waals surface area contributed by atoms with Crippen molar-refractivity contribution in [2.75, 3.05) is 7.11 Å². The van der Waals surface area contributed by atoms with E-state index in [1.807, 2.05) is 0 Å². The third-order valence-corrected chi connectivity index (χ3v) is 2.87. The maximum absolute atomic E-state index is 12.4. The van der Waals surface area contributed by atoms with Gasteiger partial charge in [-0.05, 0) is 30.3 Å². The van der Waals surface area contributed by atoms with Crippen LogP contribution in [0.4, 0.5) is 0 Å². The summed E-state index contributed by atoms with van der Waals surface area (Å²) in [6, 6.07) is 12.9. The molecule has 2 rings (SSSR count). The maximum atomic E-state index is 12.4. The SMILES string of the molecule is COc1ccc(C(=O)c2ccccc2C(=O)NO)cc1. The maximum Gasteiger partial charge on any atom is 0.275 e. The third-order valence-electron chi connectivity index (χ3n) is 2.87. The highest BCUT2D eigenvalue weighted by Crippen LogP contribution is 2.17. The van der Waals surface area contributed by atoms with Crippen LogP contribution in [0.15, 0.2) is 48.5 Å². The van der Waals surface area contributed by atoms with Crippen molar-refractivity contribution in [2.45, 2.75) is 0 Å². The molecule has 102 valence electrons. The fourth-order valence-electron chi connectivity index (χ4n) is 1.84. The predicted octanol–water partition coefficient (Wildman–Crippen LogP) is 2.05. The molecule has 0 bridgehead atoms. The average molecular weight is 271 g/mol. The van der Waals surface area contributed by atoms with Crippen LogP contribution in [-0.4, -0.2) is 24.0 Å². The van der Waals surface area contributed by atoms with Gasteiger partial charge in [0, 0.05) is 11.1 Å². The van der Waals surface area contributed by atoms with Gasteiger partial charge in [-0.25, -0.2) is 5.48 Å². The van der Waals surface area contributed by atoms with Gasteiger partial charge in [0.1, 0.15) is 5.75 Å². The van der Waals surface area contributed by atoms with E-state index in [2.05, 4.69) is 0 Å². The number of methoxy groups -OCH3 is 1. The Morgan fingerprint density at radius 1 is 1.00 bits per heavy atom. The van der Waals surface area contributed by atoms with Crippen molar-refractivity contribution in [3.8, 4) is 5.75 Å². The van der Waals surface area contributed by atoms with E-state index in [1.54, 1.807) is 36.4 Å². The molecule has 0 aliphatic rings. The second-order valence-electron chi connectivity index (χ2n) is 4.04. The molecule has 0 saturated heterocycles. The van der Waals surface area contributed by atoms with Crippen molar-refractivity contribution in [3.63, 3.8) is 0 Å². The van der Waals surface area contributed by atoms with Gasteiger partial charge >= 0.3 is 0 Å². The normalized spacial score (nSPS) is 9.90. The zero-order chi connectivity index (χ0) is 14.5. The van der Waals surface area contributed by atoms with Crippen molar-refractivity contribution in [1.29, 1.82) is 0 Å². The molecule has 0 fully saturated rings. The van der Waals surface area contributed by atoms with Gasteiger partial charge in [0.25, 0.3) is 5.91 Å². The lowest BCUT2D eigenvalue weighted by Gasteiger charge is -2.07. The molecule has 1 amide bonds. The van der Waals surface area contributed by atoms with Crippen LogP contribution in [0.1, 0.15) is 26.3 Å². The predicted molar refractivity (Wildman–Crippen MR) is 72.1 cm³/mol. The van der Waals surface area contributed by atoms with Crippen molar-refractivity contribution in [2.24, 2.45) is 0 Å². The minimum Gasteiger partial charge on any atom is -0.497 e. The zero-order valence-corrected chi connectivity index (χ0v) is 10.8. The Labute approximate surface area is 115 Å². The number of hydrogen-bond acceptors (Lipinski definition) is 4. The summed E-state index contributed by atoms with van der Waals surface area (Å²) in [5.41, 5.74) is 2.32. The van der Waals surface area contributed by atoms with Crippen LogP contribution >= 0.6 is 0 Å². The fraction of sp³-hybridized carbons (Fsp3) is 0.0667. The molecule has 0 aliphatic heterocycles. The molecule has 0 heterocycles. The van der Waals surface area contributed by atoms with Crippen LogP contribution in [-0.2, 0) is 0 Å². The summed E-state index contributed by atoms with van der Waals surface area (Å²) in [6.07, 6.45) is 0. The lowest BCUT2D eigenvalue weighted by molar-refractivity contribution is 0.0703. The molecule has 0 spiro atoms. The first kappa shape index (κ1) is 13.8. The molecule has 0 saturated carbocycles. The van der Waals surface area contributed by atoms with E-state index in [0.717, 1.165) is 0 Å². The van der Waals surface area contributed by atoms with Gasteiger partial charge in [0.15, 0.2) is 5.78 Å². The molecule has 20 heavy (non-hydrogen) atoms. The number of benzene rings is 2. The summed E-state index contributed by atoms with van der Waals surface area (Å²) < 4.78 is 5.03. The standard InChI is InChI=1S/C15H13NO4/c1-20-11-8-6-10(7-9-11)14(17)12-4-2-3-5-13(12)15(18)16-19/h2-9,19H,1H3,(H,16,18). The first-order chi connectivity index (χ1) is 9.67. The van der Waals surface area contributed by atoms with Gasteiger partial charge in [-0.2, -0.15) is 0 Å². The second kappa shape index (κ2) is 5.99. The summed E-state index contributed by atoms with van der Waals surface area (Å²) >= 11 is 0. The van der Waals surface area contributed by atoms with Gasteiger partial charge in [0.2, 0.25) is 0 Å². The number of carbonyl (C=O) groups excluding carboxylic acids is 2. The van der Waals surface area contributed by atoms with Crippen LogP contribution in [0.3, 0.4) is 0 Å². The van der Waals surface area contributed by atoms with Crippen molar-refractivity contribution in [3.05, 3.63) is 65.2 Å². The minimum absolute atomic E-state index is 0.121. The molecular formula is C15H13NO4. The number of hydroxylamine groups is 1. The third kappa shape index (κ3) is 2.67. The summed E-state index contributed by atoms with van der Waals surface area (Å²) in [5, 5.41) is 8.71. The highest BCUT2D eigenvalue weighted by Gasteiger charge is 2.17. The van der Waals surface area contributed by atoms with Crippen LogP contribution < -0.4 is 10.2 Å². The van der Waals surface area contributed by atoms with Gasteiger partial charge < -0.3 is 4.74 Å². The number of carbonyl (C=O) groups is 2. The molecule has 0 unspecified atom stereocenters. The lowest BCUT2D eigenvalue weighted by Crippen LogP contribution is -2.21. The van der Waals surface area contributed by atoms with Crippen LogP contribution in [0.25, 0.3) is 0 Å². The summed E-state index contributed by atoms with van der Waals surface area (Å²) in [6.45, 7) is 0. The summed E-state index contributed by atoms with van der Waals surface area (Å²) in [7, 11) is 1.54. The molecule has 0 atom stereocenters. The van der Waals surface area contributed by atoms with Gasteiger partial charge in [0.05, 0.1) is 12.7 Å². The van der Waals surface area contributed by atoms with Crippen LogP contribution in [0.5, 0.6) is 5.75 Å². The molecule has 2 aromatic rings. The Balaban J connectivity index is 2.40. The van der Waals surface area contributed by atoms with E-state index in [-0.39, 0.29) is 16.9 Å². The molecule has 0 aromatic heterocycles. The number of amides is 1. The van der Waals surface area contributed by atoms with Gasteiger partial charge in [-0.15, -0.1) is 0 Å². The number of ketones is 1. The Morgan fingerprint density at radius 3 is 2.15 bits per heavy atom. The Morgan fingerprint density at radius 2 is 1.60 bits per heavy atom. The van der Waals surface area contributed by atoms with E-state index < -0.39 is 5.91 Å². The number of nitrogens with one attached hydrogen (secondary N) is 1. The van der Waals surface area contributed by atoms with Gasteiger partial charge in [-0.3, -0.25) is 14.8 Å². The lowest BCUT2D eigenvalue weighted by atomic mass is 9.98. The summed E-state index contributed by atoms with van der Waals surface area (Å²) in [5.74, 6) is -0.378. The Hall–Kier alpha value is -2.66. The fourth-order valence-corrected chi connectivity index (χ4v) is 1.84. The number of rotatable bonds is 4.